The molecule has 0 spiro atoms. The molecule has 0 aliphatic rings. The summed E-state index contributed by atoms with van der Waals surface area (Å²) < 4.78 is 5.10. The van der Waals surface area contributed by atoms with E-state index in [1.165, 1.54) is 29.5 Å². The van der Waals surface area contributed by atoms with Crippen molar-refractivity contribution >= 4 is 76.9 Å². The maximum Gasteiger partial charge on any atom is 0.379 e. The highest BCUT2D eigenvalue weighted by Crippen LogP contribution is 2.53. The second-order valence-corrected chi connectivity index (χ2v) is 12.9. The Labute approximate surface area is 112 Å². The van der Waals surface area contributed by atoms with Crippen LogP contribution < -0.4 is 0 Å². The molecular weight excluding hydrogens is 317 g/mol. The quantitative estimate of drug-likeness (QED) is 0.296. The summed E-state index contributed by atoms with van der Waals surface area (Å²) in [6.07, 6.45) is 0. The molecule has 0 aliphatic heterocycles. The van der Waals surface area contributed by atoms with Gasteiger partial charge in [0.05, 0.1) is 0 Å². The number of hydrogen-bond donors (Lipinski definition) is 1. The lowest BCUT2D eigenvalue weighted by Crippen LogP contribution is -2.20. The molecule has 0 amide bonds. The molecule has 0 bridgehead atoms. The number of carbonyl (C=O) groups excluding carboxylic acids is 1. The highest BCUT2D eigenvalue weighted by atomic mass is 33.9. The van der Waals surface area contributed by atoms with Gasteiger partial charge in [-0.15, -0.1) is 0 Å². The molecule has 0 aromatic heterocycles. The van der Waals surface area contributed by atoms with Crippen LogP contribution in [0.2, 0.25) is 0 Å². The van der Waals surface area contributed by atoms with Crippen molar-refractivity contribution in [3.8, 4) is 0 Å². The zero-order valence-corrected chi connectivity index (χ0v) is 13.5. The highest BCUT2D eigenvalue weighted by Gasteiger charge is 2.16. The molecule has 0 radical (unpaired) electrons. The van der Waals surface area contributed by atoms with Crippen LogP contribution in [0, 0.1) is 0 Å². The van der Waals surface area contributed by atoms with E-state index in [9.17, 15) is 4.79 Å². The average Bonchev–Trinajstić information content (AvgIpc) is 2.00. The maximum atomic E-state index is 11.2. The first-order chi connectivity index (χ1) is 6.45. The Hall–Kier alpha value is 1.92. The van der Waals surface area contributed by atoms with Crippen molar-refractivity contribution in [3.05, 3.63) is 0 Å². The first-order valence-corrected chi connectivity index (χ1v) is 11.9. The van der Waals surface area contributed by atoms with E-state index in [4.69, 9.17) is 4.74 Å². The van der Waals surface area contributed by atoms with E-state index in [0.717, 1.165) is 10.8 Å². The third-order valence-corrected chi connectivity index (χ3v) is 11.2. The summed E-state index contributed by atoms with van der Waals surface area (Å²) in [7, 11) is 8.52. The van der Waals surface area contributed by atoms with Gasteiger partial charge in [-0.25, -0.2) is 4.79 Å². The van der Waals surface area contributed by atoms with Gasteiger partial charge in [0.1, 0.15) is 5.60 Å². The smallest absolute Gasteiger partial charge is 0.379 e. The molecular formula is C5H10O2S7. The molecule has 84 valence electrons. The Morgan fingerprint density at radius 3 is 2.21 bits per heavy atom. The third kappa shape index (κ3) is 12.0. The van der Waals surface area contributed by atoms with Crippen LogP contribution in [-0.4, -0.2) is 10.9 Å². The summed E-state index contributed by atoms with van der Waals surface area (Å²) in [4.78, 5) is 11.2. The number of hydrogen-bond acceptors (Lipinski definition) is 9. The molecule has 0 aromatic carbocycles. The molecule has 0 saturated heterocycles. The van der Waals surface area contributed by atoms with Gasteiger partial charge in [0.15, 0.2) is 0 Å². The van der Waals surface area contributed by atoms with Crippen molar-refractivity contribution in [2.45, 2.75) is 26.4 Å². The second-order valence-electron chi connectivity index (χ2n) is 2.89. The minimum absolute atomic E-state index is 0.251. The summed E-state index contributed by atoms with van der Waals surface area (Å²) in [5, 5.41) is -0.251. The Morgan fingerprint density at radius 2 is 1.71 bits per heavy atom. The summed E-state index contributed by atoms with van der Waals surface area (Å²) in [6.45, 7) is 5.56. The number of thiol groups is 1. The SMILES string of the molecule is CC(C)(C)OC(=O)SSSSSSS. The Balaban J connectivity index is 3.36. The Kier molecular flexibility index (Phi) is 10.2. The fraction of sp³-hybridized carbons (Fsp3) is 0.800. The maximum absolute atomic E-state index is 11.2. The largest absolute Gasteiger partial charge is 0.451 e. The zero-order valence-electron chi connectivity index (χ0n) is 7.71. The van der Waals surface area contributed by atoms with Crippen molar-refractivity contribution in [1.29, 1.82) is 0 Å². The van der Waals surface area contributed by atoms with Crippen LogP contribution in [0.5, 0.6) is 0 Å². The molecule has 0 aromatic rings. The first kappa shape index (κ1) is 15.9. The predicted octanol–water partition coefficient (Wildman–Crippen LogP) is 5.74. The first-order valence-electron chi connectivity index (χ1n) is 3.33. The van der Waals surface area contributed by atoms with Gasteiger partial charge in [-0.2, -0.15) is 0 Å². The number of rotatable bonds is 5. The lowest BCUT2D eigenvalue weighted by Gasteiger charge is -2.18. The van der Waals surface area contributed by atoms with Crippen molar-refractivity contribution < 1.29 is 9.53 Å². The molecule has 2 nitrogen and oxygen atoms in total. The van der Waals surface area contributed by atoms with E-state index in [0.29, 0.717) is 0 Å². The normalized spacial score (nSPS) is 11.4. The van der Waals surface area contributed by atoms with Crippen molar-refractivity contribution in [2.75, 3.05) is 0 Å². The third-order valence-electron chi connectivity index (χ3n) is 0.605. The van der Waals surface area contributed by atoms with Gasteiger partial charge in [0.25, 0.3) is 0 Å². The van der Waals surface area contributed by atoms with Gasteiger partial charge in [0, 0.05) is 10.8 Å². The van der Waals surface area contributed by atoms with E-state index in [1.54, 1.807) is 19.7 Å². The van der Waals surface area contributed by atoms with Crippen LogP contribution in [0.3, 0.4) is 0 Å². The minimum Gasteiger partial charge on any atom is -0.451 e. The van der Waals surface area contributed by atoms with Crippen molar-refractivity contribution in [3.63, 3.8) is 0 Å². The summed E-state index contributed by atoms with van der Waals surface area (Å²) >= 11 is 3.96. The summed E-state index contributed by atoms with van der Waals surface area (Å²) in [6, 6.07) is 0. The van der Waals surface area contributed by atoms with Gasteiger partial charge >= 0.3 is 5.30 Å². The molecule has 14 heavy (non-hydrogen) atoms. The fourth-order valence-electron chi connectivity index (χ4n) is 0.344. The minimum atomic E-state index is -0.405. The van der Waals surface area contributed by atoms with E-state index in [1.807, 2.05) is 20.8 Å². The van der Waals surface area contributed by atoms with Gasteiger partial charge in [-0.3, -0.25) is 0 Å². The van der Waals surface area contributed by atoms with Crippen LogP contribution in [0.1, 0.15) is 20.8 Å². The summed E-state index contributed by atoms with van der Waals surface area (Å²) in [5.74, 6) is 0. The van der Waals surface area contributed by atoms with E-state index < -0.39 is 5.60 Å². The van der Waals surface area contributed by atoms with E-state index in [2.05, 4.69) is 11.7 Å². The Bertz CT molecular complexity index is 168. The van der Waals surface area contributed by atoms with Crippen LogP contribution in [0.15, 0.2) is 0 Å². The molecule has 0 atom stereocenters. The molecule has 0 rings (SSSR count). The standard InChI is InChI=1S/C5H10O2S7/c1-5(2,3)7-4(6)9-11-13-14-12-10-8/h8H,1-3H3. The molecule has 0 unspecified atom stereocenters. The van der Waals surface area contributed by atoms with Crippen LogP contribution in [0.4, 0.5) is 4.79 Å². The predicted molar refractivity (Wildman–Crippen MR) is 80.8 cm³/mol. The van der Waals surface area contributed by atoms with E-state index in [-0.39, 0.29) is 5.30 Å². The number of carbonyl (C=O) groups is 1. The molecule has 9 heteroatoms. The van der Waals surface area contributed by atoms with Crippen LogP contribution in [-0.2, 0) is 4.74 Å². The highest BCUT2D eigenvalue weighted by molar-refractivity contribution is 9.45. The Morgan fingerprint density at radius 1 is 1.14 bits per heavy atom. The van der Waals surface area contributed by atoms with Crippen molar-refractivity contribution in [1.82, 2.24) is 0 Å². The lowest BCUT2D eigenvalue weighted by molar-refractivity contribution is 0.0740. The van der Waals surface area contributed by atoms with Gasteiger partial charge in [-0.05, 0) is 69.9 Å². The van der Waals surface area contributed by atoms with Gasteiger partial charge in [-0.1, -0.05) is 11.7 Å². The molecule has 0 fully saturated rings. The van der Waals surface area contributed by atoms with Gasteiger partial charge < -0.3 is 4.74 Å². The van der Waals surface area contributed by atoms with E-state index >= 15 is 0 Å². The average molecular weight is 327 g/mol. The topological polar surface area (TPSA) is 26.3 Å². The molecule has 0 saturated carbocycles. The lowest BCUT2D eigenvalue weighted by atomic mass is 10.2. The fourth-order valence-corrected chi connectivity index (χ4v) is 11.1. The van der Waals surface area contributed by atoms with Gasteiger partial charge in [0.2, 0.25) is 0 Å². The monoisotopic (exact) mass is 326 g/mol. The summed E-state index contributed by atoms with van der Waals surface area (Å²) in [5.41, 5.74) is -0.405. The second kappa shape index (κ2) is 9.00. The number of ether oxygens (including phenoxy) is 1. The van der Waals surface area contributed by atoms with Crippen LogP contribution in [0.25, 0.3) is 0 Å². The van der Waals surface area contributed by atoms with Crippen LogP contribution >= 0.6 is 71.6 Å². The van der Waals surface area contributed by atoms with Crippen molar-refractivity contribution in [2.24, 2.45) is 0 Å². The molecule has 0 heterocycles. The zero-order chi connectivity index (χ0) is 11.0. The molecule has 0 aliphatic carbocycles. The molecule has 0 N–H and O–H groups in total.